The van der Waals surface area contributed by atoms with Crippen LogP contribution in [-0.2, 0) is 27.5 Å². The van der Waals surface area contributed by atoms with E-state index in [-0.39, 0.29) is 36.0 Å². The van der Waals surface area contributed by atoms with Gasteiger partial charge < -0.3 is 24.7 Å². The van der Waals surface area contributed by atoms with Crippen LogP contribution in [0.15, 0.2) is 30.6 Å². The van der Waals surface area contributed by atoms with Gasteiger partial charge in [-0.3, -0.25) is 0 Å². The van der Waals surface area contributed by atoms with Crippen molar-refractivity contribution in [3.8, 4) is 11.5 Å². The maximum absolute atomic E-state index is 14.9. The van der Waals surface area contributed by atoms with Crippen molar-refractivity contribution in [3.05, 3.63) is 47.8 Å². The number of hydrogen-bond acceptors (Lipinski definition) is 6. The number of alkyl halides is 3. The lowest BCUT2D eigenvalue weighted by molar-refractivity contribution is -0.136. The summed E-state index contributed by atoms with van der Waals surface area (Å²) in [5.41, 5.74) is -1.58. The number of benzene rings is 1. The highest BCUT2D eigenvalue weighted by Crippen LogP contribution is 2.42. The number of pyridine rings is 1. The Morgan fingerprint density at radius 3 is 2.46 bits per heavy atom. The van der Waals surface area contributed by atoms with Crippen LogP contribution in [0.2, 0.25) is 25.7 Å². The van der Waals surface area contributed by atoms with Gasteiger partial charge in [0.15, 0.2) is 27.2 Å². The normalized spacial score (nSPS) is 17.1. The molecule has 1 aliphatic heterocycles. The smallest absolute Gasteiger partial charge is 0.418 e. The van der Waals surface area contributed by atoms with Crippen LogP contribution in [0, 0.1) is 11.6 Å². The van der Waals surface area contributed by atoms with Gasteiger partial charge in [0.05, 0.1) is 22.5 Å². The molecule has 1 unspecified atom stereocenters. The Hall–Kier alpha value is -3.24. The van der Waals surface area contributed by atoms with Crippen LogP contribution in [-0.4, -0.2) is 56.2 Å². The van der Waals surface area contributed by atoms with Crippen molar-refractivity contribution in [3.63, 3.8) is 0 Å². The summed E-state index contributed by atoms with van der Waals surface area (Å²) in [6.45, 7) is 6.53. The second-order valence-corrected chi connectivity index (χ2v) is 18.8. The fourth-order valence-electron chi connectivity index (χ4n) is 4.23. The van der Waals surface area contributed by atoms with E-state index < -0.39 is 70.2 Å². The van der Waals surface area contributed by atoms with Crippen molar-refractivity contribution in [1.29, 1.82) is 0 Å². The van der Waals surface area contributed by atoms with Gasteiger partial charge in [-0.15, -0.1) is 0 Å². The number of aromatic nitrogens is 2. The van der Waals surface area contributed by atoms with Crippen molar-refractivity contribution < 1.29 is 44.6 Å². The van der Waals surface area contributed by atoms with Gasteiger partial charge in [0, 0.05) is 50.9 Å². The molecule has 9 nitrogen and oxygen atoms in total. The number of nitrogens with zero attached hydrogens (tertiary/aromatic N) is 2. The molecule has 0 radical (unpaired) electrons. The molecule has 224 valence electrons. The maximum Gasteiger partial charge on any atom is 0.418 e. The van der Waals surface area contributed by atoms with Gasteiger partial charge >= 0.3 is 12.2 Å². The highest BCUT2D eigenvalue weighted by molar-refractivity contribution is 7.91. The fraction of sp³-hybridized carbons (Fsp3) is 0.440. The third-order valence-electron chi connectivity index (χ3n) is 6.29. The van der Waals surface area contributed by atoms with Crippen molar-refractivity contribution in [1.82, 2.24) is 14.9 Å². The molecule has 1 aliphatic rings. The lowest BCUT2D eigenvalue weighted by Gasteiger charge is -2.15. The number of anilines is 1. The van der Waals surface area contributed by atoms with Gasteiger partial charge in [0.25, 0.3) is 0 Å². The van der Waals surface area contributed by atoms with Gasteiger partial charge in [-0.05, 0) is 18.5 Å². The van der Waals surface area contributed by atoms with Gasteiger partial charge in [0.2, 0.25) is 0 Å². The SMILES string of the molecule is C[Si](C)(C)CCOCn1cc(C(F)(F)F)c2c(Oc3c(F)cc(NC(=O)NC4CCS(=O)(=O)C4)cc3F)ccnc21. The van der Waals surface area contributed by atoms with E-state index in [4.69, 9.17) is 9.47 Å². The third-order valence-corrected chi connectivity index (χ3v) is 9.76. The van der Waals surface area contributed by atoms with Crippen molar-refractivity contribution in [2.45, 2.75) is 51.1 Å². The summed E-state index contributed by atoms with van der Waals surface area (Å²) in [4.78, 5) is 16.2. The molecule has 0 saturated carbocycles. The molecule has 4 rings (SSSR count). The number of rotatable bonds is 9. The number of ether oxygens (including phenoxy) is 2. The Kier molecular flexibility index (Phi) is 8.66. The summed E-state index contributed by atoms with van der Waals surface area (Å²) in [6, 6.07) is 1.79. The Bertz CT molecular complexity index is 1530. The molecule has 1 aromatic carbocycles. The number of carbonyl (C=O) groups is 1. The van der Waals surface area contributed by atoms with Crippen LogP contribution in [0.4, 0.5) is 32.4 Å². The average Bonchev–Trinajstić information content (AvgIpc) is 3.38. The number of sulfone groups is 1. The molecule has 41 heavy (non-hydrogen) atoms. The molecule has 2 amide bonds. The zero-order valence-electron chi connectivity index (χ0n) is 22.4. The summed E-state index contributed by atoms with van der Waals surface area (Å²) < 4.78 is 107. The van der Waals surface area contributed by atoms with Gasteiger partial charge in [0.1, 0.15) is 18.1 Å². The Labute approximate surface area is 234 Å². The van der Waals surface area contributed by atoms with Gasteiger partial charge in [-0.2, -0.15) is 13.2 Å². The third kappa shape index (κ3) is 7.74. The lowest BCUT2D eigenvalue weighted by Crippen LogP contribution is -2.38. The minimum atomic E-state index is -4.83. The predicted molar refractivity (Wildman–Crippen MR) is 144 cm³/mol. The van der Waals surface area contributed by atoms with Crippen molar-refractivity contribution in [2.75, 3.05) is 23.4 Å². The molecule has 0 bridgehead atoms. The van der Waals surface area contributed by atoms with Crippen LogP contribution in [0.3, 0.4) is 0 Å². The van der Waals surface area contributed by atoms with Crippen molar-refractivity contribution in [2.24, 2.45) is 0 Å². The van der Waals surface area contributed by atoms with Crippen molar-refractivity contribution >= 4 is 40.7 Å². The second kappa shape index (κ2) is 11.6. The fourth-order valence-corrected chi connectivity index (χ4v) is 6.66. The predicted octanol–water partition coefficient (Wildman–Crippen LogP) is 5.75. The molecule has 3 aromatic rings. The summed E-state index contributed by atoms with van der Waals surface area (Å²) in [6.07, 6.45) is -2.67. The Morgan fingerprint density at radius 1 is 1.20 bits per heavy atom. The van der Waals surface area contributed by atoms with Crippen LogP contribution < -0.4 is 15.4 Å². The highest BCUT2D eigenvalue weighted by Gasteiger charge is 2.37. The van der Waals surface area contributed by atoms with E-state index >= 15 is 0 Å². The van der Waals surface area contributed by atoms with E-state index in [1.165, 1.54) is 0 Å². The minimum Gasteiger partial charge on any atom is -0.450 e. The molecule has 16 heteroatoms. The maximum atomic E-state index is 14.9. The summed E-state index contributed by atoms with van der Waals surface area (Å²) >= 11 is 0. The zero-order valence-corrected chi connectivity index (χ0v) is 24.3. The average molecular weight is 621 g/mol. The number of halogens is 5. The molecular weight excluding hydrogens is 591 g/mol. The quantitative estimate of drug-likeness (QED) is 0.179. The first-order valence-corrected chi connectivity index (χ1v) is 18.1. The highest BCUT2D eigenvalue weighted by atomic mass is 32.2. The van der Waals surface area contributed by atoms with E-state index in [9.17, 15) is 35.2 Å². The number of urea groups is 1. The molecule has 1 fully saturated rings. The molecule has 1 saturated heterocycles. The van der Waals surface area contributed by atoms with E-state index in [1.54, 1.807) is 0 Å². The van der Waals surface area contributed by atoms with E-state index in [0.29, 0.717) is 6.61 Å². The molecule has 1 atom stereocenters. The number of nitrogens with one attached hydrogen (secondary N) is 2. The molecule has 2 aromatic heterocycles. The molecular formula is C25H29F5N4O5SSi. The zero-order chi connectivity index (χ0) is 30.2. The van der Waals surface area contributed by atoms with Crippen LogP contribution in [0.5, 0.6) is 11.5 Å². The summed E-state index contributed by atoms with van der Waals surface area (Å²) in [7, 11) is -4.70. The minimum absolute atomic E-state index is 0.0828. The molecule has 2 N–H and O–H groups in total. The Morgan fingerprint density at radius 2 is 1.88 bits per heavy atom. The first-order chi connectivity index (χ1) is 19.0. The monoisotopic (exact) mass is 620 g/mol. The van der Waals surface area contributed by atoms with Gasteiger partial charge in [-0.25, -0.2) is 27.0 Å². The number of carbonyl (C=O) groups excluding carboxylic acids is 1. The molecule has 3 heterocycles. The number of fused-ring (bicyclic) bond motifs is 1. The topological polar surface area (TPSA) is 112 Å². The van der Waals surface area contributed by atoms with Crippen LogP contribution in [0.1, 0.15) is 12.0 Å². The van der Waals surface area contributed by atoms with Crippen LogP contribution >= 0.6 is 0 Å². The Balaban J connectivity index is 1.56. The molecule has 0 spiro atoms. The van der Waals surface area contributed by atoms with E-state index in [2.05, 4.69) is 35.3 Å². The largest absolute Gasteiger partial charge is 0.450 e. The van der Waals surface area contributed by atoms with E-state index in [1.807, 2.05) is 0 Å². The molecule has 0 aliphatic carbocycles. The first-order valence-electron chi connectivity index (χ1n) is 12.6. The summed E-state index contributed by atoms with van der Waals surface area (Å²) in [5, 5.41) is 4.13. The summed E-state index contributed by atoms with van der Waals surface area (Å²) in [5.74, 6) is -4.39. The standard InChI is InChI=1S/C25H29F5N4O5SSi/c1-41(2,3)9-7-38-14-34-12-17(25(28,29)30)21-20(4-6-31-23(21)34)39-22-18(26)10-16(11-19(22)27)33-24(35)32-15-5-8-40(36,37)13-15/h4,6,10-12,15H,5,7-9,13-14H2,1-3H3,(H2,32,33,35). The van der Waals surface area contributed by atoms with E-state index in [0.717, 1.165) is 41.2 Å². The second-order valence-electron chi connectivity index (χ2n) is 10.9. The first kappa shape index (κ1) is 30.7. The lowest BCUT2D eigenvalue weighted by atomic mass is 10.2. The number of amides is 2. The number of hydrogen-bond donors (Lipinski definition) is 2. The van der Waals surface area contributed by atoms with Crippen LogP contribution in [0.25, 0.3) is 11.0 Å². The van der Waals surface area contributed by atoms with Gasteiger partial charge in [-0.1, -0.05) is 19.6 Å².